The van der Waals surface area contributed by atoms with Crippen LogP contribution in [0.15, 0.2) is 45.6 Å². The van der Waals surface area contributed by atoms with E-state index in [1.54, 1.807) is 37.3 Å². The monoisotopic (exact) mass is 328 g/mol. The van der Waals surface area contributed by atoms with Crippen LogP contribution < -0.4 is 15.1 Å². The lowest BCUT2D eigenvalue weighted by Gasteiger charge is -2.13. The Balaban J connectivity index is 2.09. The maximum atomic E-state index is 12.2. The van der Waals surface area contributed by atoms with Gasteiger partial charge in [-0.3, -0.25) is 0 Å². The molecular weight excluding hydrogens is 312 g/mol. The molecule has 1 atom stereocenters. The number of hydrogen-bond acceptors (Lipinski definition) is 6. The van der Waals surface area contributed by atoms with Crippen molar-refractivity contribution in [1.29, 1.82) is 0 Å². The molecule has 1 aromatic heterocycles. The Morgan fingerprint density at radius 2 is 1.71 bits per heavy atom. The van der Waals surface area contributed by atoms with E-state index in [1.165, 1.54) is 14.2 Å². The van der Waals surface area contributed by atoms with Crippen LogP contribution in [0.2, 0.25) is 0 Å². The highest BCUT2D eigenvalue weighted by atomic mass is 16.6. The highest BCUT2D eigenvalue weighted by molar-refractivity contribution is 6.04. The number of rotatable bonds is 4. The quantitative estimate of drug-likeness (QED) is 0.416. The minimum absolute atomic E-state index is 0.382. The minimum atomic E-state index is -0.760. The maximum Gasteiger partial charge on any atom is 0.346 e. The van der Waals surface area contributed by atoms with Gasteiger partial charge in [-0.05, 0) is 37.3 Å². The van der Waals surface area contributed by atoms with Crippen molar-refractivity contribution >= 4 is 27.7 Å². The van der Waals surface area contributed by atoms with Crippen molar-refractivity contribution in [2.45, 2.75) is 13.0 Å². The van der Waals surface area contributed by atoms with Crippen LogP contribution in [0.4, 0.5) is 0 Å². The predicted molar refractivity (Wildman–Crippen MR) is 88.6 cm³/mol. The van der Waals surface area contributed by atoms with Gasteiger partial charge >= 0.3 is 11.6 Å². The largest absolute Gasteiger partial charge is 0.497 e. The highest BCUT2D eigenvalue weighted by Gasteiger charge is 2.16. The van der Waals surface area contributed by atoms with Crippen LogP contribution in [0, 0.1) is 0 Å². The first-order valence-corrected chi connectivity index (χ1v) is 7.32. The molecule has 0 aliphatic heterocycles. The fourth-order valence-corrected chi connectivity index (χ4v) is 2.51. The average molecular weight is 328 g/mol. The number of ether oxygens (including phenoxy) is 3. The van der Waals surface area contributed by atoms with E-state index in [4.69, 9.17) is 13.9 Å². The number of carbonyl (C=O) groups is 1. The molecule has 0 saturated heterocycles. The molecule has 0 saturated carbocycles. The number of carbonyl (C=O) groups excluding carboxylic acids is 1. The maximum absolute atomic E-state index is 12.2. The third-order valence-corrected chi connectivity index (χ3v) is 3.74. The zero-order valence-electron chi connectivity index (χ0n) is 13.5. The third kappa shape index (κ3) is 2.78. The van der Waals surface area contributed by atoms with E-state index in [1.807, 2.05) is 6.07 Å². The van der Waals surface area contributed by atoms with Crippen LogP contribution in [-0.4, -0.2) is 26.3 Å². The van der Waals surface area contributed by atoms with Gasteiger partial charge in [0.15, 0.2) is 6.10 Å². The smallest absolute Gasteiger partial charge is 0.346 e. The Morgan fingerprint density at radius 1 is 1.00 bits per heavy atom. The van der Waals surface area contributed by atoms with Crippen LogP contribution in [0.1, 0.15) is 6.92 Å². The van der Waals surface area contributed by atoms with Crippen LogP contribution in [-0.2, 0) is 9.53 Å². The molecule has 3 aromatic rings. The molecule has 0 aliphatic carbocycles. The molecule has 2 aromatic carbocycles. The molecule has 124 valence electrons. The molecule has 24 heavy (non-hydrogen) atoms. The first-order valence-electron chi connectivity index (χ1n) is 7.32. The normalized spacial score (nSPS) is 12.1. The van der Waals surface area contributed by atoms with Gasteiger partial charge in [0.05, 0.1) is 19.6 Å². The van der Waals surface area contributed by atoms with Crippen LogP contribution >= 0.6 is 0 Å². The zero-order valence-corrected chi connectivity index (χ0v) is 13.5. The Hall–Kier alpha value is -3.02. The summed E-state index contributed by atoms with van der Waals surface area (Å²) in [4.78, 5) is 23.6. The topological polar surface area (TPSA) is 75.0 Å². The van der Waals surface area contributed by atoms with Gasteiger partial charge in [0, 0.05) is 16.8 Å². The minimum Gasteiger partial charge on any atom is -0.497 e. The Morgan fingerprint density at radius 3 is 2.42 bits per heavy atom. The summed E-state index contributed by atoms with van der Waals surface area (Å²) in [7, 11) is 2.83. The lowest BCUT2D eigenvalue weighted by molar-refractivity contribution is -0.147. The second kappa shape index (κ2) is 6.23. The van der Waals surface area contributed by atoms with Gasteiger partial charge in [-0.2, -0.15) is 0 Å². The first-order chi connectivity index (χ1) is 11.5. The lowest BCUT2D eigenvalue weighted by atomic mass is 10.1. The number of fused-ring (bicyclic) bond motifs is 3. The van der Waals surface area contributed by atoms with E-state index in [-0.39, 0.29) is 0 Å². The van der Waals surface area contributed by atoms with Crippen molar-refractivity contribution in [2.24, 2.45) is 0 Å². The van der Waals surface area contributed by atoms with Gasteiger partial charge in [0.1, 0.15) is 17.1 Å². The van der Waals surface area contributed by atoms with Crippen LogP contribution in [0.5, 0.6) is 11.5 Å². The van der Waals surface area contributed by atoms with E-state index in [0.29, 0.717) is 22.5 Å². The molecule has 0 fully saturated rings. The van der Waals surface area contributed by atoms with Gasteiger partial charge in [-0.25, -0.2) is 9.59 Å². The molecule has 1 heterocycles. The van der Waals surface area contributed by atoms with Crippen molar-refractivity contribution in [3.8, 4) is 11.5 Å². The van der Waals surface area contributed by atoms with Gasteiger partial charge < -0.3 is 18.6 Å². The molecule has 0 N–H and O–H groups in total. The predicted octanol–water partition coefficient (Wildman–Crippen LogP) is 2.90. The molecule has 6 heteroatoms. The van der Waals surface area contributed by atoms with Gasteiger partial charge in [0.25, 0.3) is 0 Å². The molecule has 6 nitrogen and oxygen atoms in total. The zero-order chi connectivity index (χ0) is 17.3. The van der Waals surface area contributed by atoms with E-state index in [2.05, 4.69) is 4.74 Å². The molecule has 0 bridgehead atoms. The van der Waals surface area contributed by atoms with Crippen molar-refractivity contribution in [3.05, 3.63) is 46.8 Å². The average Bonchev–Trinajstić information content (AvgIpc) is 2.60. The Kier molecular flexibility index (Phi) is 4.12. The molecule has 0 radical (unpaired) electrons. The summed E-state index contributed by atoms with van der Waals surface area (Å²) in [6.07, 6.45) is -0.760. The summed E-state index contributed by atoms with van der Waals surface area (Å²) >= 11 is 0. The summed E-state index contributed by atoms with van der Waals surface area (Å²) in [6.45, 7) is 1.58. The number of benzene rings is 2. The Bertz CT molecular complexity index is 972. The second-order valence-electron chi connectivity index (χ2n) is 5.24. The second-order valence-corrected chi connectivity index (χ2v) is 5.24. The number of methoxy groups -OCH3 is 2. The van der Waals surface area contributed by atoms with E-state index in [9.17, 15) is 9.59 Å². The molecule has 0 aliphatic rings. The van der Waals surface area contributed by atoms with Gasteiger partial charge in [0.2, 0.25) is 0 Å². The fraction of sp³-hybridized carbons (Fsp3) is 0.222. The van der Waals surface area contributed by atoms with E-state index >= 15 is 0 Å². The molecule has 0 spiro atoms. The number of hydrogen-bond donors (Lipinski definition) is 0. The SMILES string of the molecule is COC(=O)[C@@H](C)Oc1ccc2c(c1)oc(=O)c1cc(OC)ccc12. The molecule has 0 unspecified atom stereocenters. The third-order valence-electron chi connectivity index (χ3n) is 3.74. The number of esters is 1. The standard InChI is InChI=1S/C18H16O6/c1-10(17(19)22-3)23-12-5-7-14-13-6-4-11(21-2)8-15(13)18(20)24-16(14)9-12/h4-10H,1-3H3/t10-/m1/s1. The summed E-state index contributed by atoms with van der Waals surface area (Å²) < 4.78 is 20.6. The molecule has 0 amide bonds. The fourth-order valence-electron chi connectivity index (χ4n) is 2.51. The van der Waals surface area contributed by atoms with E-state index in [0.717, 1.165) is 10.8 Å². The summed E-state index contributed by atoms with van der Waals surface area (Å²) in [6, 6.07) is 10.3. The summed E-state index contributed by atoms with van der Waals surface area (Å²) in [5, 5.41) is 1.97. The molecule has 3 rings (SSSR count). The lowest BCUT2D eigenvalue weighted by Crippen LogP contribution is -2.24. The van der Waals surface area contributed by atoms with Crippen molar-refractivity contribution in [2.75, 3.05) is 14.2 Å². The van der Waals surface area contributed by atoms with E-state index < -0.39 is 17.7 Å². The van der Waals surface area contributed by atoms with Crippen LogP contribution in [0.25, 0.3) is 21.7 Å². The molecular formula is C18H16O6. The van der Waals surface area contributed by atoms with Gasteiger partial charge in [-0.15, -0.1) is 0 Å². The van der Waals surface area contributed by atoms with Crippen LogP contribution in [0.3, 0.4) is 0 Å². The van der Waals surface area contributed by atoms with Gasteiger partial charge in [-0.1, -0.05) is 0 Å². The first kappa shape index (κ1) is 15.9. The van der Waals surface area contributed by atoms with Crippen molar-refractivity contribution < 1.29 is 23.4 Å². The Labute approximate surface area is 137 Å². The summed E-state index contributed by atoms with van der Waals surface area (Å²) in [5.74, 6) is 0.513. The van der Waals surface area contributed by atoms with Crippen molar-refractivity contribution in [1.82, 2.24) is 0 Å². The summed E-state index contributed by atoms with van der Waals surface area (Å²) in [5.41, 5.74) is -0.0817. The highest BCUT2D eigenvalue weighted by Crippen LogP contribution is 2.28. The van der Waals surface area contributed by atoms with Crippen molar-refractivity contribution in [3.63, 3.8) is 0 Å².